The summed E-state index contributed by atoms with van der Waals surface area (Å²) in [5, 5.41) is 3.76. The van der Waals surface area contributed by atoms with Crippen LogP contribution in [0, 0.1) is 11.8 Å². The smallest absolute Gasteiger partial charge is 0.0480 e. The van der Waals surface area contributed by atoms with Gasteiger partial charge in [0.25, 0.3) is 0 Å². The fraction of sp³-hybridized carbons (Fsp3) is 1.00. The molecule has 0 bridgehead atoms. The first-order valence-electron chi connectivity index (χ1n) is 7.19. The van der Waals surface area contributed by atoms with Crippen molar-refractivity contribution in [3.63, 3.8) is 0 Å². The van der Waals surface area contributed by atoms with E-state index in [1.165, 1.54) is 51.5 Å². The maximum atomic E-state index is 5.39. The third kappa shape index (κ3) is 3.74. The first kappa shape index (κ1) is 12.4. The highest BCUT2D eigenvalue weighted by Crippen LogP contribution is 2.30. The minimum Gasteiger partial charge on any atom is -0.381 e. The van der Waals surface area contributed by atoms with E-state index in [0.717, 1.165) is 31.1 Å². The number of nitrogens with one attached hydrogen (secondary N) is 1. The molecule has 1 saturated carbocycles. The van der Waals surface area contributed by atoms with E-state index in [0.29, 0.717) is 0 Å². The lowest BCUT2D eigenvalue weighted by Crippen LogP contribution is -2.38. The molecule has 2 rings (SSSR count). The molecule has 0 aromatic rings. The molecule has 1 N–H and O–H groups in total. The van der Waals surface area contributed by atoms with Gasteiger partial charge in [-0.15, -0.1) is 0 Å². The van der Waals surface area contributed by atoms with Crippen molar-refractivity contribution in [2.45, 2.75) is 57.9 Å². The zero-order valence-corrected chi connectivity index (χ0v) is 10.7. The molecule has 0 aromatic carbocycles. The lowest BCUT2D eigenvalue weighted by molar-refractivity contribution is 0.0757. The molecule has 1 aliphatic heterocycles. The van der Waals surface area contributed by atoms with Gasteiger partial charge in [0.2, 0.25) is 0 Å². The summed E-state index contributed by atoms with van der Waals surface area (Å²) in [4.78, 5) is 0. The van der Waals surface area contributed by atoms with Crippen molar-refractivity contribution in [1.82, 2.24) is 5.32 Å². The monoisotopic (exact) mass is 225 g/mol. The second-order valence-corrected chi connectivity index (χ2v) is 5.60. The minimum atomic E-state index is 0.732. The standard InChI is InChI=1S/C14H27NO/c1-2-12-4-3-5-13(10-12)11-15-14-6-8-16-9-7-14/h12-15H,2-11H2,1H3/t12-,13-/m0/s1. The van der Waals surface area contributed by atoms with Gasteiger partial charge in [0, 0.05) is 19.3 Å². The third-order valence-corrected chi connectivity index (χ3v) is 4.39. The molecule has 0 unspecified atom stereocenters. The Labute approximate surface area is 100 Å². The van der Waals surface area contributed by atoms with Gasteiger partial charge in [-0.1, -0.05) is 26.2 Å². The van der Waals surface area contributed by atoms with E-state index in [1.807, 2.05) is 0 Å². The largest absolute Gasteiger partial charge is 0.381 e. The number of hydrogen-bond donors (Lipinski definition) is 1. The molecule has 2 atom stereocenters. The van der Waals surface area contributed by atoms with E-state index in [9.17, 15) is 0 Å². The lowest BCUT2D eigenvalue weighted by atomic mass is 9.80. The van der Waals surface area contributed by atoms with E-state index >= 15 is 0 Å². The molecule has 2 nitrogen and oxygen atoms in total. The minimum absolute atomic E-state index is 0.732. The molecule has 16 heavy (non-hydrogen) atoms. The van der Waals surface area contributed by atoms with Crippen LogP contribution in [-0.2, 0) is 4.74 Å². The van der Waals surface area contributed by atoms with Crippen LogP contribution in [0.5, 0.6) is 0 Å². The van der Waals surface area contributed by atoms with E-state index in [4.69, 9.17) is 4.74 Å². The highest BCUT2D eigenvalue weighted by molar-refractivity contribution is 4.77. The number of ether oxygens (including phenoxy) is 1. The summed E-state index contributed by atoms with van der Waals surface area (Å²) >= 11 is 0. The van der Waals surface area contributed by atoms with Crippen LogP contribution in [0.2, 0.25) is 0 Å². The van der Waals surface area contributed by atoms with Crippen molar-refractivity contribution in [2.75, 3.05) is 19.8 Å². The Balaban J connectivity index is 1.64. The second-order valence-electron chi connectivity index (χ2n) is 5.60. The Morgan fingerprint density at radius 1 is 1.06 bits per heavy atom. The summed E-state index contributed by atoms with van der Waals surface area (Å²) in [6.45, 7) is 5.51. The summed E-state index contributed by atoms with van der Waals surface area (Å²) in [5.74, 6) is 1.96. The quantitative estimate of drug-likeness (QED) is 0.794. The van der Waals surface area contributed by atoms with Crippen molar-refractivity contribution in [1.29, 1.82) is 0 Å². The average Bonchev–Trinajstić information content (AvgIpc) is 2.38. The maximum Gasteiger partial charge on any atom is 0.0480 e. The topological polar surface area (TPSA) is 21.3 Å². The Hall–Kier alpha value is -0.0800. The molecular weight excluding hydrogens is 198 g/mol. The van der Waals surface area contributed by atoms with Crippen LogP contribution in [-0.4, -0.2) is 25.8 Å². The molecule has 2 aliphatic rings. The highest BCUT2D eigenvalue weighted by atomic mass is 16.5. The van der Waals surface area contributed by atoms with Gasteiger partial charge in [0.15, 0.2) is 0 Å². The van der Waals surface area contributed by atoms with Crippen molar-refractivity contribution < 1.29 is 4.74 Å². The molecule has 2 heteroatoms. The Kier molecular flexibility index (Phi) is 5.11. The fourth-order valence-electron chi connectivity index (χ4n) is 3.19. The van der Waals surface area contributed by atoms with Crippen LogP contribution < -0.4 is 5.32 Å². The van der Waals surface area contributed by atoms with E-state index in [2.05, 4.69) is 12.2 Å². The SMILES string of the molecule is CC[C@H]1CCC[C@H](CNC2CCOCC2)C1. The summed E-state index contributed by atoms with van der Waals surface area (Å²) in [5.41, 5.74) is 0. The Bertz CT molecular complexity index is 189. The number of hydrogen-bond acceptors (Lipinski definition) is 2. The van der Waals surface area contributed by atoms with Crippen LogP contribution >= 0.6 is 0 Å². The molecule has 0 aromatic heterocycles. The Morgan fingerprint density at radius 3 is 2.56 bits per heavy atom. The van der Waals surface area contributed by atoms with Gasteiger partial charge < -0.3 is 10.1 Å². The summed E-state index contributed by atoms with van der Waals surface area (Å²) < 4.78 is 5.39. The van der Waals surface area contributed by atoms with E-state index in [1.54, 1.807) is 0 Å². The summed E-state index contributed by atoms with van der Waals surface area (Å²) in [6, 6.07) is 0.732. The zero-order chi connectivity index (χ0) is 11.2. The van der Waals surface area contributed by atoms with Crippen molar-refractivity contribution in [2.24, 2.45) is 11.8 Å². The zero-order valence-electron chi connectivity index (χ0n) is 10.7. The van der Waals surface area contributed by atoms with Gasteiger partial charge in [-0.2, -0.15) is 0 Å². The van der Waals surface area contributed by atoms with Crippen LogP contribution in [0.1, 0.15) is 51.9 Å². The van der Waals surface area contributed by atoms with Gasteiger partial charge in [0.05, 0.1) is 0 Å². The van der Waals surface area contributed by atoms with Crippen LogP contribution in [0.3, 0.4) is 0 Å². The number of rotatable bonds is 4. The second kappa shape index (κ2) is 6.61. The van der Waals surface area contributed by atoms with Crippen molar-refractivity contribution >= 4 is 0 Å². The molecule has 0 radical (unpaired) electrons. The van der Waals surface area contributed by atoms with Crippen molar-refractivity contribution in [3.05, 3.63) is 0 Å². The maximum absolute atomic E-state index is 5.39. The molecule has 0 spiro atoms. The van der Waals surface area contributed by atoms with E-state index in [-0.39, 0.29) is 0 Å². The predicted octanol–water partition coefficient (Wildman–Crippen LogP) is 2.97. The van der Waals surface area contributed by atoms with Crippen LogP contribution in [0.4, 0.5) is 0 Å². The highest BCUT2D eigenvalue weighted by Gasteiger charge is 2.22. The van der Waals surface area contributed by atoms with Gasteiger partial charge >= 0.3 is 0 Å². The van der Waals surface area contributed by atoms with Crippen LogP contribution in [0.15, 0.2) is 0 Å². The molecule has 0 amide bonds. The van der Waals surface area contributed by atoms with Gasteiger partial charge in [-0.05, 0) is 44.1 Å². The molecular formula is C14H27NO. The Morgan fingerprint density at radius 2 is 1.81 bits per heavy atom. The third-order valence-electron chi connectivity index (χ3n) is 4.39. The van der Waals surface area contributed by atoms with Crippen LogP contribution in [0.25, 0.3) is 0 Å². The predicted molar refractivity (Wildman–Crippen MR) is 67.6 cm³/mol. The fourth-order valence-corrected chi connectivity index (χ4v) is 3.19. The van der Waals surface area contributed by atoms with Gasteiger partial charge in [-0.25, -0.2) is 0 Å². The first-order valence-corrected chi connectivity index (χ1v) is 7.19. The van der Waals surface area contributed by atoms with Gasteiger partial charge in [-0.3, -0.25) is 0 Å². The van der Waals surface area contributed by atoms with Crippen molar-refractivity contribution in [3.8, 4) is 0 Å². The summed E-state index contributed by atoms with van der Waals surface area (Å²) in [6.07, 6.45) is 9.66. The normalized spacial score (nSPS) is 32.8. The molecule has 1 aliphatic carbocycles. The van der Waals surface area contributed by atoms with Gasteiger partial charge in [0.1, 0.15) is 0 Å². The summed E-state index contributed by atoms with van der Waals surface area (Å²) in [7, 11) is 0. The molecule has 1 heterocycles. The molecule has 1 saturated heterocycles. The van der Waals surface area contributed by atoms with E-state index < -0.39 is 0 Å². The lowest BCUT2D eigenvalue weighted by Gasteiger charge is -2.31. The first-order chi connectivity index (χ1) is 7.88. The average molecular weight is 225 g/mol. The molecule has 94 valence electrons. The molecule has 2 fully saturated rings.